The van der Waals surface area contributed by atoms with Crippen LogP contribution in [0.15, 0.2) is 52.2 Å². The summed E-state index contributed by atoms with van der Waals surface area (Å²) < 4.78 is 1.72. The van der Waals surface area contributed by atoms with Crippen molar-refractivity contribution in [2.75, 3.05) is 0 Å². The van der Waals surface area contributed by atoms with Crippen LogP contribution in [0, 0.1) is 6.92 Å². The molecule has 0 radical (unpaired) electrons. The maximum absolute atomic E-state index is 4.36. The molecule has 0 N–H and O–H groups in total. The normalized spacial score (nSPS) is 11.1. The van der Waals surface area contributed by atoms with E-state index < -0.39 is 0 Å². The highest BCUT2D eigenvalue weighted by molar-refractivity contribution is 7.99. The Hall–Kier alpha value is -2.32. The Morgan fingerprint density at radius 1 is 1.18 bits per heavy atom. The van der Waals surface area contributed by atoms with Gasteiger partial charge in [-0.25, -0.2) is 9.97 Å². The monoisotopic (exact) mass is 326 g/mol. The summed E-state index contributed by atoms with van der Waals surface area (Å²) in [4.78, 5) is 9.58. The standard InChI is InChI=1S/C14H10N6S2/c1-9-3-2-4-10(7-9)20-14(17-18-19-20)22-13-11-5-6-21-12(11)15-8-16-13/h2-8H,1H3. The van der Waals surface area contributed by atoms with Crippen molar-refractivity contribution >= 4 is 33.3 Å². The van der Waals surface area contributed by atoms with E-state index in [4.69, 9.17) is 0 Å². The van der Waals surface area contributed by atoms with Gasteiger partial charge in [0, 0.05) is 5.39 Å². The van der Waals surface area contributed by atoms with Crippen molar-refractivity contribution in [2.24, 2.45) is 0 Å². The summed E-state index contributed by atoms with van der Waals surface area (Å²) in [6, 6.07) is 10.1. The molecule has 108 valence electrons. The van der Waals surface area contributed by atoms with Gasteiger partial charge in [0.1, 0.15) is 16.2 Å². The summed E-state index contributed by atoms with van der Waals surface area (Å²) in [6.07, 6.45) is 1.57. The van der Waals surface area contributed by atoms with Gasteiger partial charge in [0.2, 0.25) is 5.16 Å². The number of hydrogen-bond donors (Lipinski definition) is 0. The molecule has 0 saturated carbocycles. The molecule has 3 aromatic heterocycles. The maximum atomic E-state index is 4.36. The molecule has 0 aliphatic rings. The van der Waals surface area contributed by atoms with Crippen molar-refractivity contribution < 1.29 is 0 Å². The first-order valence-corrected chi connectivity index (χ1v) is 8.22. The molecule has 0 atom stereocenters. The summed E-state index contributed by atoms with van der Waals surface area (Å²) >= 11 is 3.03. The lowest BCUT2D eigenvalue weighted by molar-refractivity contribution is 0.755. The number of rotatable bonds is 3. The van der Waals surface area contributed by atoms with E-state index in [0.29, 0.717) is 5.16 Å². The number of aryl methyl sites for hydroxylation is 1. The van der Waals surface area contributed by atoms with Crippen LogP contribution >= 0.6 is 23.1 Å². The fourth-order valence-electron chi connectivity index (χ4n) is 2.10. The first-order chi connectivity index (χ1) is 10.8. The lowest BCUT2D eigenvalue weighted by Crippen LogP contribution is -1.99. The highest BCUT2D eigenvalue weighted by Crippen LogP contribution is 2.32. The Kier molecular flexibility index (Phi) is 3.32. The van der Waals surface area contributed by atoms with E-state index in [1.54, 1.807) is 22.3 Å². The van der Waals surface area contributed by atoms with Gasteiger partial charge in [-0.3, -0.25) is 0 Å². The molecule has 0 spiro atoms. The smallest absolute Gasteiger partial charge is 0.220 e. The van der Waals surface area contributed by atoms with Crippen LogP contribution in [-0.4, -0.2) is 30.2 Å². The number of nitrogens with zero attached hydrogens (tertiary/aromatic N) is 6. The van der Waals surface area contributed by atoms with E-state index in [2.05, 4.69) is 25.5 Å². The average Bonchev–Trinajstić information content (AvgIpc) is 3.16. The van der Waals surface area contributed by atoms with Gasteiger partial charge in [-0.05, 0) is 58.3 Å². The molecule has 0 amide bonds. The summed E-state index contributed by atoms with van der Waals surface area (Å²) in [5.41, 5.74) is 2.09. The second kappa shape index (κ2) is 5.47. The highest BCUT2D eigenvalue weighted by atomic mass is 32.2. The van der Waals surface area contributed by atoms with Gasteiger partial charge in [-0.1, -0.05) is 12.1 Å². The third-order valence-electron chi connectivity index (χ3n) is 3.10. The molecule has 0 saturated heterocycles. The number of thiophene rings is 1. The molecule has 0 aliphatic carbocycles. The lowest BCUT2D eigenvalue weighted by atomic mass is 10.2. The van der Waals surface area contributed by atoms with Crippen LogP contribution in [0.3, 0.4) is 0 Å². The van der Waals surface area contributed by atoms with E-state index in [1.807, 2.05) is 42.6 Å². The molecule has 3 heterocycles. The lowest BCUT2D eigenvalue weighted by Gasteiger charge is -2.05. The van der Waals surface area contributed by atoms with Gasteiger partial charge in [0.15, 0.2) is 0 Å². The third kappa shape index (κ3) is 2.36. The van der Waals surface area contributed by atoms with Crippen molar-refractivity contribution in [3.8, 4) is 5.69 Å². The van der Waals surface area contributed by atoms with Crippen molar-refractivity contribution in [2.45, 2.75) is 17.1 Å². The highest BCUT2D eigenvalue weighted by Gasteiger charge is 2.13. The Morgan fingerprint density at radius 2 is 2.14 bits per heavy atom. The fourth-order valence-corrected chi connectivity index (χ4v) is 3.75. The van der Waals surface area contributed by atoms with E-state index in [-0.39, 0.29) is 0 Å². The van der Waals surface area contributed by atoms with Crippen LogP contribution in [0.2, 0.25) is 0 Å². The van der Waals surface area contributed by atoms with Gasteiger partial charge in [-0.2, -0.15) is 4.68 Å². The average molecular weight is 326 g/mol. The summed E-state index contributed by atoms with van der Waals surface area (Å²) in [5.74, 6) is 0. The van der Waals surface area contributed by atoms with Gasteiger partial charge < -0.3 is 0 Å². The molecular formula is C14H10N6S2. The molecular weight excluding hydrogens is 316 g/mol. The molecule has 4 rings (SSSR count). The second-order valence-electron chi connectivity index (χ2n) is 4.63. The van der Waals surface area contributed by atoms with Gasteiger partial charge in [0.05, 0.1) is 5.69 Å². The van der Waals surface area contributed by atoms with Gasteiger partial charge in [0.25, 0.3) is 0 Å². The number of benzene rings is 1. The fraction of sp³-hybridized carbons (Fsp3) is 0.0714. The predicted octanol–water partition coefficient (Wildman–Crippen LogP) is 3.13. The molecule has 4 aromatic rings. The van der Waals surface area contributed by atoms with E-state index in [1.165, 1.54) is 11.8 Å². The molecule has 0 aliphatic heterocycles. The number of fused-ring (bicyclic) bond motifs is 1. The first kappa shape index (κ1) is 13.4. The van der Waals surface area contributed by atoms with E-state index in [9.17, 15) is 0 Å². The van der Waals surface area contributed by atoms with Crippen LogP contribution in [-0.2, 0) is 0 Å². The molecule has 1 aromatic carbocycles. The van der Waals surface area contributed by atoms with Gasteiger partial charge >= 0.3 is 0 Å². The zero-order valence-electron chi connectivity index (χ0n) is 11.5. The summed E-state index contributed by atoms with van der Waals surface area (Å²) in [6.45, 7) is 2.04. The Labute approximate surface area is 134 Å². The molecule has 22 heavy (non-hydrogen) atoms. The molecule has 0 unspecified atom stereocenters. The minimum absolute atomic E-state index is 0.678. The number of aromatic nitrogens is 6. The predicted molar refractivity (Wildman–Crippen MR) is 85.4 cm³/mol. The number of hydrogen-bond acceptors (Lipinski definition) is 7. The maximum Gasteiger partial charge on any atom is 0.220 e. The van der Waals surface area contributed by atoms with E-state index in [0.717, 1.165) is 26.5 Å². The number of tetrazole rings is 1. The van der Waals surface area contributed by atoms with Crippen LogP contribution < -0.4 is 0 Å². The van der Waals surface area contributed by atoms with Crippen LogP contribution in [0.5, 0.6) is 0 Å². The van der Waals surface area contributed by atoms with Crippen molar-refractivity contribution in [1.82, 2.24) is 30.2 Å². The topological polar surface area (TPSA) is 69.4 Å². The molecule has 6 nitrogen and oxygen atoms in total. The Balaban J connectivity index is 1.76. The SMILES string of the molecule is Cc1cccc(-n2nnnc2Sc2ncnc3sccc23)c1. The van der Waals surface area contributed by atoms with Crippen LogP contribution in [0.25, 0.3) is 15.9 Å². The van der Waals surface area contributed by atoms with Crippen molar-refractivity contribution in [3.63, 3.8) is 0 Å². The molecule has 0 fully saturated rings. The minimum Gasteiger partial charge on any atom is -0.229 e. The largest absolute Gasteiger partial charge is 0.229 e. The Morgan fingerprint density at radius 3 is 3.05 bits per heavy atom. The zero-order chi connectivity index (χ0) is 14.9. The zero-order valence-corrected chi connectivity index (χ0v) is 13.2. The minimum atomic E-state index is 0.678. The first-order valence-electron chi connectivity index (χ1n) is 6.53. The summed E-state index contributed by atoms with van der Waals surface area (Å²) in [5, 5.41) is 16.6. The Bertz CT molecular complexity index is 945. The second-order valence-corrected chi connectivity index (χ2v) is 6.48. The molecule has 0 bridgehead atoms. The van der Waals surface area contributed by atoms with E-state index >= 15 is 0 Å². The summed E-state index contributed by atoms with van der Waals surface area (Å²) in [7, 11) is 0. The van der Waals surface area contributed by atoms with Crippen molar-refractivity contribution in [3.05, 3.63) is 47.6 Å². The van der Waals surface area contributed by atoms with Crippen molar-refractivity contribution in [1.29, 1.82) is 0 Å². The quantitative estimate of drug-likeness (QED) is 0.539. The van der Waals surface area contributed by atoms with Gasteiger partial charge in [-0.15, -0.1) is 16.4 Å². The van der Waals surface area contributed by atoms with Crippen LogP contribution in [0.4, 0.5) is 0 Å². The van der Waals surface area contributed by atoms with Crippen LogP contribution in [0.1, 0.15) is 5.56 Å². The molecule has 8 heteroatoms. The third-order valence-corrected chi connectivity index (χ3v) is 4.88.